The van der Waals surface area contributed by atoms with Gasteiger partial charge in [0.25, 0.3) is 0 Å². The minimum absolute atomic E-state index is 0.247. The van der Waals surface area contributed by atoms with Crippen LogP contribution in [0.15, 0.2) is 61.2 Å². The summed E-state index contributed by atoms with van der Waals surface area (Å²) in [5.41, 5.74) is 3.68. The quantitative estimate of drug-likeness (QED) is 0.591. The monoisotopic (exact) mass is 276 g/mol. The van der Waals surface area contributed by atoms with Crippen LogP contribution in [0.5, 0.6) is 5.75 Å². The molecule has 4 rings (SSSR count). The fraction of sp³-hybridized carbons (Fsp3) is 0. The number of hydrogen-bond donors (Lipinski definition) is 2. The van der Waals surface area contributed by atoms with Crippen molar-refractivity contribution in [2.24, 2.45) is 0 Å². The summed E-state index contributed by atoms with van der Waals surface area (Å²) in [7, 11) is 0. The van der Waals surface area contributed by atoms with E-state index in [0.717, 1.165) is 27.8 Å². The second kappa shape index (κ2) is 4.49. The highest BCUT2D eigenvalue weighted by Crippen LogP contribution is 2.25. The zero-order valence-electron chi connectivity index (χ0n) is 11.1. The maximum atomic E-state index is 9.57. The number of nitrogens with one attached hydrogen (secondary N) is 1. The largest absolute Gasteiger partial charge is 0.508 e. The molecule has 21 heavy (non-hydrogen) atoms. The summed E-state index contributed by atoms with van der Waals surface area (Å²) in [4.78, 5) is 7.36. The molecule has 1 aromatic carbocycles. The lowest BCUT2D eigenvalue weighted by molar-refractivity contribution is 0.475. The van der Waals surface area contributed by atoms with Crippen LogP contribution in [-0.2, 0) is 0 Å². The van der Waals surface area contributed by atoms with Gasteiger partial charge in [0.05, 0.1) is 11.9 Å². The van der Waals surface area contributed by atoms with Gasteiger partial charge < -0.3 is 10.1 Å². The number of phenols is 1. The van der Waals surface area contributed by atoms with Crippen LogP contribution in [0.2, 0.25) is 0 Å². The van der Waals surface area contributed by atoms with E-state index in [9.17, 15) is 5.11 Å². The Morgan fingerprint density at radius 1 is 1.10 bits per heavy atom. The molecule has 0 saturated heterocycles. The van der Waals surface area contributed by atoms with Gasteiger partial charge in [-0.2, -0.15) is 5.10 Å². The zero-order valence-corrected chi connectivity index (χ0v) is 11.1. The number of H-pyrrole nitrogens is 1. The van der Waals surface area contributed by atoms with E-state index in [0.29, 0.717) is 0 Å². The Labute approximate surface area is 120 Å². The van der Waals surface area contributed by atoms with Crippen molar-refractivity contribution in [1.82, 2.24) is 19.7 Å². The summed E-state index contributed by atoms with van der Waals surface area (Å²) in [6, 6.07) is 11.0. The third-order valence-electron chi connectivity index (χ3n) is 3.45. The minimum atomic E-state index is 0.247. The van der Waals surface area contributed by atoms with Crippen molar-refractivity contribution in [3.8, 4) is 22.6 Å². The number of nitrogens with zero attached hydrogens (tertiary/aromatic N) is 3. The summed E-state index contributed by atoms with van der Waals surface area (Å²) in [5, 5.41) is 15.0. The number of aromatic amines is 1. The third-order valence-corrected chi connectivity index (χ3v) is 3.45. The van der Waals surface area contributed by atoms with E-state index in [1.807, 2.05) is 41.3 Å². The first-order chi connectivity index (χ1) is 10.3. The summed E-state index contributed by atoms with van der Waals surface area (Å²) in [6.07, 6.45) is 7.34. The van der Waals surface area contributed by atoms with Gasteiger partial charge in [0, 0.05) is 29.5 Å². The van der Waals surface area contributed by atoms with Crippen molar-refractivity contribution < 1.29 is 5.11 Å². The number of hydrogen-bond acceptors (Lipinski definition) is 3. The molecule has 5 heteroatoms. The van der Waals surface area contributed by atoms with Crippen LogP contribution in [0, 0.1) is 0 Å². The van der Waals surface area contributed by atoms with Gasteiger partial charge in [-0.1, -0.05) is 12.1 Å². The Bertz CT molecular complexity index is 923. The van der Waals surface area contributed by atoms with E-state index < -0.39 is 0 Å². The van der Waals surface area contributed by atoms with Crippen molar-refractivity contribution >= 4 is 11.0 Å². The van der Waals surface area contributed by atoms with Crippen LogP contribution in [-0.4, -0.2) is 24.9 Å². The standard InChI is InChI=1S/C16H12N4O/c21-13-3-1-2-11(8-13)12-9-19-20(10-12)15-5-7-18-16-14(15)4-6-17-16/h1-10,21H,(H,17,18). The summed E-state index contributed by atoms with van der Waals surface area (Å²) in [5.74, 6) is 0.247. The van der Waals surface area contributed by atoms with Crippen LogP contribution in [0.4, 0.5) is 0 Å². The SMILES string of the molecule is Oc1cccc(-c2cnn(-c3ccnc4[nH]ccc34)c2)c1. The van der Waals surface area contributed by atoms with Gasteiger partial charge in [-0.15, -0.1) is 0 Å². The Morgan fingerprint density at radius 2 is 2.05 bits per heavy atom. The van der Waals surface area contributed by atoms with Crippen molar-refractivity contribution in [2.45, 2.75) is 0 Å². The highest BCUT2D eigenvalue weighted by atomic mass is 16.3. The molecular weight excluding hydrogens is 264 g/mol. The van der Waals surface area contributed by atoms with Gasteiger partial charge in [0.15, 0.2) is 0 Å². The van der Waals surface area contributed by atoms with Gasteiger partial charge in [0.2, 0.25) is 0 Å². The Kier molecular flexibility index (Phi) is 2.50. The molecule has 0 aliphatic carbocycles. The third kappa shape index (κ3) is 1.95. The van der Waals surface area contributed by atoms with Crippen molar-refractivity contribution in [3.63, 3.8) is 0 Å². The lowest BCUT2D eigenvalue weighted by Crippen LogP contribution is -1.95. The van der Waals surface area contributed by atoms with Crippen molar-refractivity contribution in [3.05, 3.63) is 61.2 Å². The topological polar surface area (TPSA) is 66.7 Å². The fourth-order valence-corrected chi connectivity index (χ4v) is 2.44. The van der Waals surface area contributed by atoms with E-state index in [1.165, 1.54) is 0 Å². The molecule has 3 heterocycles. The summed E-state index contributed by atoms with van der Waals surface area (Å²) >= 11 is 0. The molecule has 5 nitrogen and oxygen atoms in total. The Hall–Kier alpha value is -3.08. The van der Waals surface area contributed by atoms with E-state index in [1.54, 1.807) is 24.5 Å². The average Bonchev–Trinajstić information content (AvgIpc) is 3.16. The molecule has 0 bridgehead atoms. The highest BCUT2D eigenvalue weighted by molar-refractivity contribution is 5.84. The Balaban J connectivity index is 1.83. The lowest BCUT2D eigenvalue weighted by Gasteiger charge is -2.02. The van der Waals surface area contributed by atoms with Gasteiger partial charge >= 0.3 is 0 Å². The number of aromatic nitrogens is 4. The van der Waals surface area contributed by atoms with Gasteiger partial charge in [-0.25, -0.2) is 9.67 Å². The molecule has 3 aromatic heterocycles. The van der Waals surface area contributed by atoms with E-state index in [2.05, 4.69) is 15.1 Å². The Morgan fingerprint density at radius 3 is 2.95 bits per heavy atom. The van der Waals surface area contributed by atoms with Gasteiger partial charge in [0.1, 0.15) is 11.4 Å². The molecule has 0 atom stereocenters. The lowest BCUT2D eigenvalue weighted by atomic mass is 10.1. The van der Waals surface area contributed by atoms with Crippen LogP contribution >= 0.6 is 0 Å². The van der Waals surface area contributed by atoms with Crippen LogP contribution in [0.25, 0.3) is 27.8 Å². The second-order valence-corrected chi connectivity index (χ2v) is 4.79. The zero-order chi connectivity index (χ0) is 14.2. The fourth-order valence-electron chi connectivity index (χ4n) is 2.44. The number of phenolic OH excluding ortho intramolecular Hbond substituents is 1. The maximum absolute atomic E-state index is 9.57. The van der Waals surface area contributed by atoms with Gasteiger partial charge in [-0.05, 0) is 29.8 Å². The predicted octanol–water partition coefficient (Wildman–Crippen LogP) is 3.12. The maximum Gasteiger partial charge on any atom is 0.139 e. The van der Waals surface area contributed by atoms with E-state index >= 15 is 0 Å². The molecule has 102 valence electrons. The molecule has 2 N–H and O–H groups in total. The van der Waals surface area contributed by atoms with Crippen molar-refractivity contribution in [1.29, 1.82) is 0 Å². The van der Waals surface area contributed by atoms with E-state index in [4.69, 9.17) is 0 Å². The summed E-state index contributed by atoms with van der Waals surface area (Å²) in [6.45, 7) is 0. The molecule has 0 spiro atoms. The average molecular weight is 276 g/mol. The number of aromatic hydroxyl groups is 1. The first-order valence-corrected chi connectivity index (χ1v) is 6.58. The van der Waals surface area contributed by atoms with Crippen LogP contribution < -0.4 is 0 Å². The van der Waals surface area contributed by atoms with Crippen LogP contribution in [0.3, 0.4) is 0 Å². The smallest absolute Gasteiger partial charge is 0.139 e. The molecule has 0 fully saturated rings. The number of benzene rings is 1. The number of pyridine rings is 1. The molecule has 0 amide bonds. The first kappa shape index (κ1) is 11.7. The normalized spacial score (nSPS) is 11.0. The predicted molar refractivity (Wildman–Crippen MR) is 80.3 cm³/mol. The molecule has 0 saturated carbocycles. The number of fused-ring (bicyclic) bond motifs is 1. The summed E-state index contributed by atoms with van der Waals surface area (Å²) < 4.78 is 1.82. The van der Waals surface area contributed by atoms with Crippen LogP contribution in [0.1, 0.15) is 0 Å². The molecular formula is C16H12N4O. The second-order valence-electron chi connectivity index (χ2n) is 4.79. The first-order valence-electron chi connectivity index (χ1n) is 6.58. The van der Waals surface area contributed by atoms with Crippen molar-refractivity contribution in [2.75, 3.05) is 0 Å². The molecule has 0 radical (unpaired) electrons. The molecule has 4 aromatic rings. The minimum Gasteiger partial charge on any atom is -0.508 e. The number of rotatable bonds is 2. The molecule has 0 aliphatic rings. The highest BCUT2D eigenvalue weighted by Gasteiger charge is 2.08. The molecule has 0 aliphatic heterocycles. The molecule has 0 unspecified atom stereocenters. The van der Waals surface area contributed by atoms with E-state index in [-0.39, 0.29) is 5.75 Å². The van der Waals surface area contributed by atoms with Gasteiger partial charge in [-0.3, -0.25) is 0 Å².